The third-order valence-electron chi connectivity index (χ3n) is 2.06. The molecule has 0 aromatic rings. The average Bonchev–Trinajstić information content (AvgIpc) is 1.96. The quantitative estimate of drug-likeness (QED) is 0.683. The van der Waals surface area contributed by atoms with E-state index in [4.69, 9.17) is 4.74 Å². The molecule has 0 aromatic heterocycles. The average molecular weight is 227 g/mol. The lowest BCUT2D eigenvalue weighted by molar-refractivity contribution is -0.130. The maximum atomic E-state index is 11.4. The van der Waals surface area contributed by atoms with E-state index in [1.54, 1.807) is 20.8 Å². The number of amides is 1. The number of rotatable bonds is 1. The van der Waals surface area contributed by atoms with Crippen molar-refractivity contribution in [2.45, 2.75) is 51.7 Å². The summed E-state index contributed by atoms with van der Waals surface area (Å²) < 4.78 is 5.04. The number of hydrogen-bond acceptors (Lipinski definition) is 4. The van der Waals surface area contributed by atoms with Crippen molar-refractivity contribution < 1.29 is 19.1 Å². The zero-order valence-electron chi connectivity index (χ0n) is 9.83. The Morgan fingerprint density at radius 3 is 2.19 bits per heavy atom. The lowest BCUT2D eigenvalue weighted by Crippen LogP contribution is -2.43. The van der Waals surface area contributed by atoms with Crippen LogP contribution in [0.5, 0.6) is 0 Å². The summed E-state index contributed by atoms with van der Waals surface area (Å²) >= 11 is 0. The zero-order valence-corrected chi connectivity index (χ0v) is 9.83. The fraction of sp³-hybridized carbons (Fsp3) is 0.727. The molecule has 0 radical (unpaired) electrons. The van der Waals surface area contributed by atoms with Crippen molar-refractivity contribution in [3.8, 4) is 0 Å². The van der Waals surface area contributed by atoms with Gasteiger partial charge in [-0.2, -0.15) is 0 Å². The van der Waals surface area contributed by atoms with Crippen LogP contribution in [-0.4, -0.2) is 29.3 Å². The summed E-state index contributed by atoms with van der Waals surface area (Å²) in [5.74, 6) is -0.255. The molecule has 16 heavy (non-hydrogen) atoms. The Balaban J connectivity index is 2.45. The Bertz CT molecular complexity index is 300. The fourth-order valence-electron chi connectivity index (χ4n) is 1.56. The predicted molar refractivity (Wildman–Crippen MR) is 57.0 cm³/mol. The summed E-state index contributed by atoms with van der Waals surface area (Å²) in [4.78, 5) is 33.7. The monoisotopic (exact) mass is 227 g/mol. The number of ether oxygens (including phenoxy) is 1. The summed E-state index contributed by atoms with van der Waals surface area (Å²) in [6.07, 6.45) is -0.164. The Morgan fingerprint density at radius 1 is 1.25 bits per heavy atom. The highest BCUT2D eigenvalue weighted by Crippen LogP contribution is 2.13. The molecule has 90 valence electrons. The van der Waals surface area contributed by atoms with Crippen molar-refractivity contribution in [3.63, 3.8) is 0 Å². The topological polar surface area (TPSA) is 72.5 Å². The highest BCUT2D eigenvalue weighted by Gasteiger charge is 2.27. The number of carbonyl (C=O) groups excluding carboxylic acids is 3. The minimum Gasteiger partial charge on any atom is -0.444 e. The lowest BCUT2D eigenvalue weighted by Gasteiger charge is -2.24. The van der Waals surface area contributed by atoms with E-state index in [9.17, 15) is 14.4 Å². The predicted octanol–water partition coefficient (Wildman–Crippen LogP) is 1.20. The van der Waals surface area contributed by atoms with E-state index in [0.717, 1.165) is 0 Å². The van der Waals surface area contributed by atoms with Gasteiger partial charge in [0.05, 0.1) is 6.42 Å². The first-order valence-corrected chi connectivity index (χ1v) is 5.29. The first-order chi connectivity index (χ1) is 7.26. The molecule has 1 N–H and O–H groups in total. The molecular weight excluding hydrogens is 210 g/mol. The van der Waals surface area contributed by atoms with Crippen molar-refractivity contribution in [1.29, 1.82) is 0 Å². The van der Waals surface area contributed by atoms with Crippen LogP contribution < -0.4 is 5.32 Å². The summed E-state index contributed by atoms with van der Waals surface area (Å²) in [7, 11) is 0. The van der Waals surface area contributed by atoms with Crippen LogP contribution in [0, 0.1) is 0 Å². The first kappa shape index (κ1) is 12.7. The maximum Gasteiger partial charge on any atom is 0.407 e. The van der Waals surface area contributed by atoms with Crippen LogP contribution >= 0.6 is 0 Å². The van der Waals surface area contributed by atoms with Crippen LogP contribution in [0.15, 0.2) is 0 Å². The second-order valence-corrected chi connectivity index (χ2v) is 5.01. The Morgan fingerprint density at radius 2 is 1.75 bits per heavy atom. The molecule has 0 aromatic carbocycles. The van der Waals surface area contributed by atoms with E-state index in [0.29, 0.717) is 0 Å². The fourth-order valence-corrected chi connectivity index (χ4v) is 1.56. The van der Waals surface area contributed by atoms with E-state index < -0.39 is 17.7 Å². The number of alkyl carbamates (subject to hydrolysis) is 1. The minimum atomic E-state index is -0.583. The van der Waals surface area contributed by atoms with Gasteiger partial charge in [-0.15, -0.1) is 0 Å². The van der Waals surface area contributed by atoms with Gasteiger partial charge in [0.25, 0.3) is 0 Å². The standard InChI is InChI=1S/C11H17NO4/c1-11(2,3)16-10(15)12-7-4-8(13)6-9(14)5-7/h7H,4-6H2,1-3H3,(H,12,15). The van der Waals surface area contributed by atoms with Crippen LogP contribution in [0.3, 0.4) is 0 Å². The van der Waals surface area contributed by atoms with Crippen molar-refractivity contribution in [2.24, 2.45) is 0 Å². The van der Waals surface area contributed by atoms with Crippen LogP contribution in [-0.2, 0) is 14.3 Å². The molecule has 5 nitrogen and oxygen atoms in total. The molecule has 5 heteroatoms. The van der Waals surface area contributed by atoms with Gasteiger partial charge in [-0.1, -0.05) is 0 Å². The highest BCUT2D eigenvalue weighted by molar-refractivity contribution is 6.02. The third-order valence-corrected chi connectivity index (χ3v) is 2.06. The molecule has 1 amide bonds. The van der Waals surface area contributed by atoms with Crippen molar-refractivity contribution in [1.82, 2.24) is 5.32 Å². The highest BCUT2D eigenvalue weighted by atomic mass is 16.6. The van der Waals surface area contributed by atoms with Crippen LogP contribution in [0.4, 0.5) is 4.79 Å². The van der Waals surface area contributed by atoms with Crippen molar-refractivity contribution in [2.75, 3.05) is 0 Å². The molecule has 0 aliphatic heterocycles. The van der Waals surface area contributed by atoms with Gasteiger partial charge < -0.3 is 10.1 Å². The number of hydrogen-bond donors (Lipinski definition) is 1. The summed E-state index contributed by atoms with van der Waals surface area (Å²) in [6, 6.07) is -0.413. The summed E-state index contributed by atoms with van der Waals surface area (Å²) in [5, 5.41) is 2.53. The number of carbonyl (C=O) groups is 3. The van der Waals surface area contributed by atoms with Crippen molar-refractivity contribution in [3.05, 3.63) is 0 Å². The van der Waals surface area contributed by atoms with Crippen LogP contribution in [0.25, 0.3) is 0 Å². The van der Waals surface area contributed by atoms with Gasteiger partial charge in [0.15, 0.2) is 0 Å². The van der Waals surface area contributed by atoms with Gasteiger partial charge in [-0.3, -0.25) is 9.59 Å². The molecule has 1 fully saturated rings. The second-order valence-electron chi connectivity index (χ2n) is 5.01. The van der Waals surface area contributed by atoms with Gasteiger partial charge in [0.1, 0.15) is 17.2 Å². The van der Waals surface area contributed by atoms with Crippen LogP contribution in [0.1, 0.15) is 40.0 Å². The smallest absolute Gasteiger partial charge is 0.407 e. The van der Waals surface area contributed by atoms with Crippen LogP contribution in [0.2, 0.25) is 0 Å². The van der Waals surface area contributed by atoms with E-state index in [1.807, 2.05) is 0 Å². The van der Waals surface area contributed by atoms with Gasteiger partial charge in [0, 0.05) is 18.9 Å². The maximum absolute atomic E-state index is 11.4. The SMILES string of the molecule is CC(C)(C)OC(=O)NC1CC(=O)CC(=O)C1. The number of nitrogens with one attached hydrogen (secondary N) is 1. The Kier molecular flexibility index (Phi) is 3.67. The molecule has 0 spiro atoms. The van der Waals surface area contributed by atoms with Gasteiger partial charge >= 0.3 is 6.09 Å². The molecule has 0 saturated heterocycles. The molecule has 0 heterocycles. The van der Waals surface area contributed by atoms with Gasteiger partial charge in [-0.25, -0.2) is 4.79 Å². The lowest BCUT2D eigenvalue weighted by atomic mass is 9.93. The Hall–Kier alpha value is -1.39. The third kappa shape index (κ3) is 4.42. The first-order valence-electron chi connectivity index (χ1n) is 5.29. The van der Waals surface area contributed by atoms with E-state index in [-0.39, 0.29) is 30.8 Å². The molecule has 1 aliphatic rings. The van der Waals surface area contributed by atoms with Crippen molar-refractivity contribution >= 4 is 17.7 Å². The van der Waals surface area contributed by atoms with E-state index in [1.165, 1.54) is 0 Å². The number of Topliss-reactive ketones (excluding diaryl/α,β-unsaturated/α-hetero) is 2. The molecule has 0 atom stereocenters. The van der Waals surface area contributed by atoms with E-state index >= 15 is 0 Å². The molecule has 0 unspecified atom stereocenters. The molecule has 1 saturated carbocycles. The Labute approximate surface area is 94.5 Å². The van der Waals surface area contributed by atoms with Gasteiger partial charge in [0.2, 0.25) is 0 Å². The van der Waals surface area contributed by atoms with E-state index in [2.05, 4.69) is 5.32 Å². The summed E-state index contributed by atoms with van der Waals surface area (Å²) in [5.41, 5.74) is -0.577. The number of ketones is 2. The molecule has 0 bridgehead atoms. The largest absolute Gasteiger partial charge is 0.444 e. The molecule has 1 rings (SSSR count). The van der Waals surface area contributed by atoms with Gasteiger partial charge in [-0.05, 0) is 20.8 Å². The normalized spacial score (nSPS) is 18.4. The second kappa shape index (κ2) is 4.63. The molecular formula is C11H17NO4. The summed E-state index contributed by atoms with van der Waals surface area (Å²) in [6.45, 7) is 5.26. The molecule has 1 aliphatic carbocycles. The minimum absolute atomic E-state index is 0.00744. The zero-order chi connectivity index (χ0) is 12.3.